The third-order valence-corrected chi connectivity index (χ3v) is 5.60. The van der Waals surface area contributed by atoms with Gasteiger partial charge in [-0.2, -0.15) is 0 Å². The maximum Gasteiger partial charge on any atom is 0.266 e. The van der Waals surface area contributed by atoms with Gasteiger partial charge in [0.1, 0.15) is 5.82 Å². The summed E-state index contributed by atoms with van der Waals surface area (Å²) in [6, 6.07) is 6.41. The first-order valence-electron chi connectivity index (χ1n) is 9.62. The number of amidine groups is 1. The van der Waals surface area contributed by atoms with Gasteiger partial charge in [-0.05, 0) is 89.6 Å². The average molecular weight is 397 g/mol. The van der Waals surface area contributed by atoms with Gasteiger partial charge in [-0.25, -0.2) is 4.98 Å². The summed E-state index contributed by atoms with van der Waals surface area (Å²) in [5.41, 5.74) is 4.32. The van der Waals surface area contributed by atoms with Crippen LogP contribution in [0, 0.1) is 20.8 Å². The van der Waals surface area contributed by atoms with E-state index in [0.29, 0.717) is 4.91 Å². The van der Waals surface area contributed by atoms with Gasteiger partial charge >= 0.3 is 0 Å². The van der Waals surface area contributed by atoms with Crippen LogP contribution in [-0.4, -0.2) is 37.6 Å². The summed E-state index contributed by atoms with van der Waals surface area (Å²) in [6.45, 7) is 14.3. The molecule has 0 saturated carbocycles. The molecule has 1 aliphatic rings. The van der Waals surface area contributed by atoms with Gasteiger partial charge in [0.25, 0.3) is 5.91 Å². The molecule has 0 N–H and O–H groups in total. The monoisotopic (exact) mass is 396 g/mol. The number of aliphatic imine (C=N–C) groups is 1. The first-order chi connectivity index (χ1) is 13.2. The summed E-state index contributed by atoms with van der Waals surface area (Å²) < 4.78 is 2.12. The molecule has 1 saturated heterocycles. The van der Waals surface area contributed by atoms with Gasteiger partial charge in [-0.1, -0.05) is 6.07 Å². The van der Waals surface area contributed by atoms with E-state index in [1.54, 1.807) is 4.90 Å². The topological polar surface area (TPSA) is 50.5 Å². The second-order valence-electron chi connectivity index (χ2n) is 7.74. The minimum Gasteiger partial charge on any atom is -0.303 e. The van der Waals surface area contributed by atoms with Crippen LogP contribution in [0.25, 0.3) is 11.9 Å². The molecule has 3 rings (SSSR count). The molecule has 2 aromatic heterocycles. The maximum absolute atomic E-state index is 13.0. The first-order valence-corrected chi connectivity index (χ1v) is 10.4. The fraction of sp³-hybridized carbons (Fsp3) is 0.409. The Morgan fingerprint density at radius 3 is 2.43 bits per heavy atom. The van der Waals surface area contributed by atoms with E-state index >= 15 is 0 Å². The number of thioether (sulfide) groups is 1. The van der Waals surface area contributed by atoms with Gasteiger partial charge in [0.2, 0.25) is 0 Å². The number of carbonyl (C=O) groups excluding carboxylic acids is 1. The second kappa shape index (κ2) is 7.95. The molecule has 28 heavy (non-hydrogen) atoms. The van der Waals surface area contributed by atoms with Crippen LogP contribution in [0.1, 0.15) is 50.2 Å². The number of hydrogen-bond acceptors (Lipinski definition) is 4. The van der Waals surface area contributed by atoms with Gasteiger partial charge in [0.15, 0.2) is 5.17 Å². The van der Waals surface area contributed by atoms with Crippen LogP contribution in [0.4, 0.5) is 0 Å². The molecule has 0 atom stereocenters. The highest BCUT2D eigenvalue weighted by Gasteiger charge is 2.35. The van der Waals surface area contributed by atoms with Crippen molar-refractivity contribution < 1.29 is 4.79 Å². The molecule has 1 aliphatic heterocycles. The van der Waals surface area contributed by atoms with Crippen LogP contribution in [0.5, 0.6) is 0 Å². The number of pyridine rings is 1. The largest absolute Gasteiger partial charge is 0.303 e. The zero-order valence-corrected chi connectivity index (χ0v) is 18.5. The number of aromatic nitrogens is 2. The molecule has 5 nitrogen and oxygen atoms in total. The van der Waals surface area contributed by atoms with E-state index in [-0.39, 0.29) is 18.0 Å². The first kappa shape index (κ1) is 20.4. The molecular formula is C22H28N4OS. The molecule has 0 aliphatic carbocycles. The Balaban J connectivity index is 2.01. The Kier molecular flexibility index (Phi) is 5.79. The van der Waals surface area contributed by atoms with Crippen LogP contribution in [-0.2, 0) is 4.79 Å². The third kappa shape index (κ3) is 3.92. The van der Waals surface area contributed by atoms with Crippen LogP contribution < -0.4 is 0 Å². The molecule has 1 fully saturated rings. The zero-order chi connectivity index (χ0) is 20.6. The highest BCUT2D eigenvalue weighted by Crippen LogP contribution is 2.35. The van der Waals surface area contributed by atoms with E-state index in [1.807, 2.05) is 53.0 Å². The van der Waals surface area contributed by atoms with E-state index in [4.69, 9.17) is 0 Å². The summed E-state index contributed by atoms with van der Waals surface area (Å²) in [5, 5.41) is 0.787. The Bertz CT molecular complexity index is 952. The molecule has 3 heterocycles. The molecule has 0 unspecified atom stereocenters. The average Bonchev–Trinajstić information content (AvgIpc) is 3.05. The molecule has 1 amide bonds. The van der Waals surface area contributed by atoms with Crippen molar-refractivity contribution in [2.45, 2.75) is 60.5 Å². The Labute approximate surface area is 171 Å². The standard InChI is InChI=1S/C22H28N4OS/c1-13(2)24-22-25(14(3)4)21(27)19(28-22)11-18-10-16(6)26(17(18)7)20-9-8-15(5)12-23-20/h8-14H,1-7H3/b19-11+,24-22?. The summed E-state index contributed by atoms with van der Waals surface area (Å²) in [4.78, 5) is 24.7. The van der Waals surface area contributed by atoms with Gasteiger partial charge in [-0.15, -0.1) is 0 Å². The molecule has 0 aromatic carbocycles. The molecule has 148 valence electrons. The van der Waals surface area contributed by atoms with Crippen LogP contribution in [0.3, 0.4) is 0 Å². The second-order valence-corrected chi connectivity index (χ2v) is 8.75. The lowest BCUT2D eigenvalue weighted by molar-refractivity contribution is -0.123. The lowest BCUT2D eigenvalue weighted by Gasteiger charge is -2.20. The fourth-order valence-corrected chi connectivity index (χ4v) is 4.50. The van der Waals surface area contributed by atoms with Crippen LogP contribution >= 0.6 is 11.8 Å². The number of hydrogen-bond donors (Lipinski definition) is 0. The summed E-state index contributed by atoms with van der Waals surface area (Å²) in [6.07, 6.45) is 3.86. The Hall–Kier alpha value is -2.34. The van der Waals surface area contributed by atoms with Crippen molar-refractivity contribution in [3.63, 3.8) is 0 Å². The van der Waals surface area contributed by atoms with E-state index < -0.39 is 0 Å². The summed E-state index contributed by atoms with van der Waals surface area (Å²) >= 11 is 1.46. The number of rotatable bonds is 4. The fourth-order valence-electron chi connectivity index (χ4n) is 3.27. The lowest BCUT2D eigenvalue weighted by Crippen LogP contribution is -2.35. The molecule has 2 aromatic rings. The number of carbonyl (C=O) groups is 1. The van der Waals surface area contributed by atoms with Crippen LogP contribution in [0.15, 0.2) is 34.3 Å². The van der Waals surface area contributed by atoms with Gasteiger partial charge in [-0.3, -0.25) is 14.7 Å². The minimum atomic E-state index is 0.0256. The number of amides is 1. The van der Waals surface area contributed by atoms with E-state index in [0.717, 1.165) is 33.5 Å². The quantitative estimate of drug-likeness (QED) is 0.692. The highest BCUT2D eigenvalue weighted by atomic mass is 32.2. The van der Waals surface area contributed by atoms with Crippen LogP contribution in [0.2, 0.25) is 0 Å². The molecular weight excluding hydrogens is 368 g/mol. The van der Waals surface area contributed by atoms with Crippen molar-refractivity contribution in [2.75, 3.05) is 0 Å². The third-order valence-electron chi connectivity index (χ3n) is 4.60. The Morgan fingerprint density at radius 2 is 1.86 bits per heavy atom. The molecule has 6 heteroatoms. The van der Waals surface area contributed by atoms with E-state index in [2.05, 4.69) is 40.5 Å². The van der Waals surface area contributed by atoms with Crippen molar-refractivity contribution in [3.8, 4) is 5.82 Å². The van der Waals surface area contributed by atoms with Gasteiger partial charge < -0.3 is 4.57 Å². The zero-order valence-electron chi connectivity index (χ0n) is 17.6. The van der Waals surface area contributed by atoms with E-state index in [1.165, 1.54) is 11.8 Å². The summed E-state index contributed by atoms with van der Waals surface area (Å²) in [5.74, 6) is 0.916. The number of nitrogens with zero attached hydrogens (tertiary/aromatic N) is 4. The van der Waals surface area contributed by atoms with Gasteiger partial charge in [0, 0.05) is 29.7 Å². The minimum absolute atomic E-state index is 0.0256. The Morgan fingerprint density at radius 1 is 1.14 bits per heavy atom. The van der Waals surface area contributed by atoms with Crippen molar-refractivity contribution in [1.82, 2.24) is 14.5 Å². The normalized spacial score (nSPS) is 17.8. The molecule has 0 bridgehead atoms. The highest BCUT2D eigenvalue weighted by molar-refractivity contribution is 8.18. The smallest absolute Gasteiger partial charge is 0.266 e. The predicted molar refractivity (Wildman–Crippen MR) is 118 cm³/mol. The molecule has 0 radical (unpaired) electrons. The van der Waals surface area contributed by atoms with Crippen molar-refractivity contribution in [3.05, 3.63) is 51.8 Å². The predicted octanol–water partition coefficient (Wildman–Crippen LogP) is 4.89. The molecule has 0 spiro atoms. The van der Waals surface area contributed by atoms with E-state index in [9.17, 15) is 4.79 Å². The lowest BCUT2D eigenvalue weighted by atomic mass is 10.2. The van der Waals surface area contributed by atoms with Crippen molar-refractivity contribution >= 4 is 28.9 Å². The van der Waals surface area contributed by atoms with Crippen molar-refractivity contribution in [1.29, 1.82) is 0 Å². The number of aryl methyl sites for hydroxylation is 2. The summed E-state index contributed by atoms with van der Waals surface area (Å²) in [7, 11) is 0. The SMILES string of the molecule is Cc1ccc(-n2c(C)cc(/C=C3/SC(=NC(C)C)N(C(C)C)C3=O)c2C)nc1. The van der Waals surface area contributed by atoms with Crippen molar-refractivity contribution in [2.24, 2.45) is 4.99 Å². The van der Waals surface area contributed by atoms with Gasteiger partial charge in [0.05, 0.1) is 4.91 Å². The maximum atomic E-state index is 13.0.